The van der Waals surface area contributed by atoms with Crippen LogP contribution in [0, 0.1) is 0 Å². The molecule has 3 heterocycles. The molecular weight excluding hydrogens is 406 g/mol. The Labute approximate surface area is 187 Å². The van der Waals surface area contributed by atoms with Gasteiger partial charge in [-0.25, -0.2) is 24.8 Å². The van der Waals surface area contributed by atoms with Crippen LogP contribution in [0.1, 0.15) is 0 Å². The van der Waals surface area contributed by atoms with Gasteiger partial charge in [0.25, 0.3) is 0 Å². The van der Waals surface area contributed by atoms with E-state index in [1.807, 2.05) is 60.4 Å². The lowest BCUT2D eigenvalue weighted by Crippen LogP contribution is -2.51. The molecule has 4 rings (SSSR count). The summed E-state index contributed by atoms with van der Waals surface area (Å²) in [6.07, 6.45) is 1.77. The van der Waals surface area contributed by atoms with Gasteiger partial charge in [-0.2, -0.15) is 4.98 Å². The van der Waals surface area contributed by atoms with Gasteiger partial charge in [0.05, 0.1) is 5.69 Å². The number of benzene rings is 1. The molecule has 1 fully saturated rings. The second kappa shape index (κ2) is 10.3. The Morgan fingerprint density at radius 3 is 2.62 bits per heavy atom. The van der Waals surface area contributed by atoms with Crippen LogP contribution < -0.4 is 21.0 Å². The van der Waals surface area contributed by atoms with Crippen molar-refractivity contribution in [2.75, 3.05) is 63.7 Å². The Morgan fingerprint density at radius 1 is 1.09 bits per heavy atom. The molecular formula is C22H29N9O. The largest absolute Gasteiger partial charge is 0.337 e. The number of amides is 2. The van der Waals surface area contributed by atoms with E-state index in [9.17, 15) is 4.79 Å². The number of nitrogens with one attached hydrogen (secondary N) is 3. The molecule has 0 spiro atoms. The number of pyridine rings is 1. The summed E-state index contributed by atoms with van der Waals surface area (Å²) in [7, 11) is 3.92. The van der Waals surface area contributed by atoms with Crippen molar-refractivity contribution in [1.29, 1.82) is 0 Å². The second-order valence-corrected chi connectivity index (χ2v) is 7.81. The maximum atomic E-state index is 12.2. The topological polar surface area (TPSA) is 102 Å². The molecule has 0 saturated carbocycles. The average Bonchev–Trinajstić information content (AvgIpc) is 2.80. The first-order valence-electron chi connectivity index (χ1n) is 10.7. The first-order valence-corrected chi connectivity index (χ1v) is 10.7. The van der Waals surface area contributed by atoms with E-state index >= 15 is 0 Å². The van der Waals surface area contributed by atoms with Gasteiger partial charge in [0.15, 0.2) is 5.65 Å². The SMILES string of the molecule is CN(C)CCNC(=O)Nc1ccc2cnc(N(c3ccccc3)N3CCNCC3)nc2n1. The lowest BCUT2D eigenvalue weighted by Gasteiger charge is -2.37. The molecule has 0 radical (unpaired) electrons. The van der Waals surface area contributed by atoms with Crippen LogP contribution in [-0.2, 0) is 0 Å². The van der Waals surface area contributed by atoms with E-state index in [0.717, 1.165) is 43.8 Å². The molecule has 1 aromatic carbocycles. The van der Waals surface area contributed by atoms with Gasteiger partial charge in [-0.15, -0.1) is 0 Å². The number of nitrogens with zero attached hydrogens (tertiary/aromatic N) is 6. The van der Waals surface area contributed by atoms with Crippen molar-refractivity contribution in [3.05, 3.63) is 48.7 Å². The van der Waals surface area contributed by atoms with Crippen molar-refractivity contribution in [3.63, 3.8) is 0 Å². The van der Waals surface area contributed by atoms with E-state index in [2.05, 4.69) is 30.9 Å². The Balaban J connectivity index is 1.58. The number of para-hydroxylation sites is 1. The predicted octanol–water partition coefficient (Wildman–Crippen LogP) is 1.67. The van der Waals surface area contributed by atoms with Crippen LogP contribution in [-0.4, -0.2) is 84.3 Å². The monoisotopic (exact) mass is 435 g/mol. The van der Waals surface area contributed by atoms with E-state index in [-0.39, 0.29) is 6.03 Å². The van der Waals surface area contributed by atoms with E-state index in [1.54, 1.807) is 12.3 Å². The van der Waals surface area contributed by atoms with E-state index in [4.69, 9.17) is 4.98 Å². The van der Waals surface area contributed by atoms with Crippen LogP contribution in [0.4, 0.5) is 22.2 Å². The summed E-state index contributed by atoms with van der Waals surface area (Å²) in [5.74, 6) is 0.989. The number of anilines is 3. The van der Waals surface area contributed by atoms with Gasteiger partial charge < -0.3 is 15.5 Å². The molecule has 1 saturated heterocycles. The Bertz CT molecular complexity index is 1040. The van der Waals surface area contributed by atoms with E-state index in [0.29, 0.717) is 24.0 Å². The molecule has 3 aromatic rings. The van der Waals surface area contributed by atoms with Crippen molar-refractivity contribution >= 4 is 34.5 Å². The van der Waals surface area contributed by atoms with Crippen LogP contribution in [0.5, 0.6) is 0 Å². The molecule has 1 aliphatic rings. The van der Waals surface area contributed by atoms with Crippen LogP contribution >= 0.6 is 0 Å². The van der Waals surface area contributed by atoms with Gasteiger partial charge >= 0.3 is 6.03 Å². The summed E-state index contributed by atoms with van der Waals surface area (Å²) in [4.78, 5) is 28.1. The average molecular weight is 436 g/mol. The van der Waals surface area contributed by atoms with Crippen molar-refractivity contribution in [2.24, 2.45) is 0 Å². The van der Waals surface area contributed by atoms with E-state index < -0.39 is 0 Å². The molecule has 0 unspecified atom stereocenters. The van der Waals surface area contributed by atoms with Crippen molar-refractivity contribution in [3.8, 4) is 0 Å². The third-order valence-electron chi connectivity index (χ3n) is 5.08. The Hall–Kier alpha value is -3.34. The summed E-state index contributed by atoms with van der Waals surface area (Å²) in [6, 6.07) is 13.4. The van der Waals surface area contributed by atoms with Crippen LogP contribution in [0.15, 0.2) is 48.7 Å². The standard InChI is InChI=1S/C22H29N9O/c1-29(2)13-12-24-22(32)27-19-9-8-17-16-25-21(28-20(17)26-19)31(18-6-4-3-5-7-18)30-14-10-23-11-15-30/h3-9,16,23H,10-15H2,1-2H3,(H2,24,25,26,27,28,32). The maximum Gasteiger partial charge on any atom is 0.320 e. The maximum absolute atomic E-state index is 12.2. The Kier molecular flexibility index (Phi) is 7.05. The number of hydrazine groups is 1. The van der Waals surface area contributed by atoms with Crippen molar-refractivity contribution in [1.82, 2.24) is 35.5 Å². The lowest BCUT2D eigenvalue weighted by molar-refractivity contribution is 0.240. The van der Waals surface area contributed by atoms with Crippen LogP contribution in [0.3, 0.4) is 0 Å². The first kappa shape index (κ1) is 21.9. The highest BCUT2D eigenvalue weighted by molar-refractivity contribution is 5.89. The molecule has 0 bridgehead atoms. The highest BCUT2D eigenvalue weighted by atomic mass is 16.2. The van der Waals surface area contributed by atoms with Crippen LogP contribution in [0.2, 0.25) is 0 Å². The highest BCUT2D eigenvalue weighted by Gasteiger charge is 2.23. The molecule has 2 aromatic heterocycles. The zero-order valence-electron chi connectivity index (χ0n) is 18.5. The zero-order chi connectivity index (χ0) is 22.3. The summed E-state index contributed by atoms with van der Waals surface area (Å²) >= 11 is 0. The third kappa shape index (κ3) is 5.47. The predicted molar refractivity (Wildman–Crippen MR) is 126 cm³/mol. The molecule has 3 N–H and O–H groups in total. The minimum atomic E-state index is -0.292. The Morgan fingerprint density at radius 2 is 1.88 bits per heavy atom. The highest BCUT2D eigenvalue weighted by Crippen LogP contribution is 2.26. The summed E-state index contributed by atoms with van der Waals surface area (Å²) in [5, 5.41) is 14.0. The number of piperazine rings is 1. The fourth-order valence-corrected chi connectivity index (χ4v) is 3.45. The fraction of sp³-hybridized carbons (Fsp3) is 0.364. The quantitative estimate of drug-likeness (QED) is 0.515. The minimum Gasteiger partial charge on any atom is -0.337 e. The molecule has 168 valence electrons. The molecule has 1 aliphatic heterocycles. The molecule has 10 nitrogen and oxygen atoms in total. The molecule has 2 amide bonds. The summed E-state index contributed by atoms with van der Waals surface area (Å²) in [6.45, 7) is 4.79. The number of hydrogen-bond acceptors (Lipinski definition) is 8. The molecule has 0 atom stereocenters. The number of hydrogen-bond donors (Lipinski definition) is 3. The zero-order valence-corrected chi connectivity index (χ0v) is 18.5. The van der Waals surface area contributed by atoms with Gasteiger partial charge in [0.2, 0.25) is 5.95 Å². The van der Waals surface area contributed by atoms with Gasteiger partial charge in [-0.1, -0.05) is 18.2 Å². The molecule has 0 aliphatic carbocycles. The minimum absolute atomic E-state index is 0.292. The van der Waals surface area contributed by atoms with Gasteiger partial charge in [-0.3, -0.25) is 5.32 Å². The number of fused-ring (bicyclic) bond motifs is 1. The number of carbonyl (C=O) groups is 1. The second-order valence-electron chi connectivity index (χ2n) is 7.81. The van der Waals surface area contributed by atoms with Gasteiger partial charge in [0, 0.05) is 50.9 Å². The molecule has 10 heteroatoms. The normalized spacial score (nSPS) is 14.5. The fourth-order valence-electron chi connectivity index (χ4n) is 3.45. The number of rotatable bonds is 7. The summed E-state index contributed by atoms with van der Waals surface area (Å²) in [5.41, 5.74) is 1.51. The molecule has 32 heavy (non-hydrogen) atoms. The van der Waals surface area contributed by atoms with Gasteiger partial charge in [-0.05, 0) is 38.4 Å². The van der Waals surface area contributed by atoms with Crippen LogP contribution in [0.25, 0.3) is 11.0 Å². The number of aromatic nitrogens is 3. The lowest BCUT2D eigenvalue weighted by atomic mass is 10.3. The van der Waals surface area contributed by atoms with E-state index in [1.165, 1.54) is 0 Å². The van der Waals surface area contributed by atoms with Gasteiger partial charge in [0.1, 0.15) is 5.82 Å². The third-order valence-corrected chi connectivity index (χ3v) is 5.08. The smallest absolute Gasteiger partial charge is 0.320 e. The number of urea groups is 1. The number of likely N-dealkylation sites (N-methyl/N-ethyl adjacent to an activating group) is 1. The van der Waals surface area contributed by atoms with Crippen molar-refractivity contribution in [2.45, 2.75) is 0 Å². The van der Waals surface area contributed by atoms with Crippen molar-refractivity contribution < 1.29 is 4.79 Å². The summed E-state index contributed by atoms with van der Waals surface area (Å²) < 4.78 is 0. The first-order chi connectivity index (χ1) is 15.6. The number of carbonyl (C=O) groups excluding carboxylic acids is 1.